The van der Waals surface area contributed by atoms with Crippen LogP contribution in [-0.2, 0) is 11.2 Å². The molecule has 0 bridgehead atoms. The highest BCUT2D eigenvalue weighted by molar-refractivity contribution is 8.03. The molecule has 0 aliphatic heterocycles. The van der Waals surface area contributed by atoms with Gasteiger partial charge in [-0.3, -0.25) is 4.79 Å². The first-order valence-corrected chi connectivity index (χ1v) is 9.46. The molecule has 0 saturated carbocycles. The van der Waals surface area contributed by atoms with Gasteiger partial charge < -0.3 is 5.32 Å². The van der Waals surface area contributed by atoms with Gasteiger partial charge in [0.05, 0.1) is 5.75 Å². The van der Waals surface area contributed by atoms with Crippen molar-refractivity contribution in [2.75, 3.05) is 18.1 Å². The SMILES string of the molecule is CCSc1nnc(SCC(=O)NCCc2ccccc2)s1. The van der Waals surface area contributed by atoms with Crippen molar-refractivity contribution in [1.29, 1.82) is 0 Å². The van der Waals surface area contributed by atoms with Crippen molar-refractivity contribution in [3.8, 4) is 0 Å². The second-order valence-corrected chi connectivity index (χ2v) is 7.85. The predicted octanol–water partition coefficient (Wildman–Crippen LogP) is 3.10. The molecule has 1 aromatic carbocycles. The summed E-state index contributed by atoms with van der Waals surface area (Å²) in [4.78, 5) is 11.8. The van der Waals surface area contributed by atoms with Crippen LogP contribution in [0.1, 0.15) is 12.5 Å². The first-order chi connectivity index (χ1) is 10.3. The summed E-state index contributed by atoms with van der Waals surface area (Å²) in [7, 11) is 0. The number of nitrogens with one attached hydrogen (secondary N) is 1. The summed E-state index contributed by atoms with van der Waals surface area (Å²) >= 11 is 4.66. The van der Waals surface area contributed by atoms with Gasteiger partial charge in [-0.2, -0.15) is 0 Å². The number of aromatic nitrogens is 2. The molecule has 0 saturated heterocycles. The Morgan fingerprint density at radius 1 is 1.19 bits per heavy atom. The topological polar surface area (TPSA) is 54.9 Å². The molecule has 2 aromatic rings. The number of rotatable bonds is 8. The Hall–Kier alpha value is -1.05. The first kappa shape index (κ1) is 16.3. The molecule has 7 heteroatoms. The Labute approximate surface area is 137 Å². The molecule has 0 aliphatic carbocycles. The van der Waals surface area contributed by atoms with E-state index in [0.29, 0.717) is 12.3 Å². The minimum Gasteiger partial charge on any atom is -0.355 e. The van der Waals surface area contributed by atoms with Crippen molar-refractivity contribution in [2.24, 2.45) is 0 Å². The average molecular weight is 340 g/mol. The zero-order valence-electron chi connectivity index (χ0n) is 11.7. The Kier molecular flexibility index (Phi) is 7.05. The first-order valence-electron chi connectivity index (χ1n) is 6.67. The maximum Gasteiger partial charge on any atom is 0.230 e. The largest absolute Gasteiger partial charge is 0.355 e. The Balaban J connectivity index is 1.65. The van der Waals surface area contributed by atoms with Crippen LogP contribution in [0, 0.1) is 0 Å². The summed E-state index contributed by atoms with van der Waals surface area (Å²) in [5.41, 5.74) is 1.23. The van der Waals surface area contributed by atoms with Crippen LogP contribution < -0.4 is 5.32 Å². The molecule has 21 heavy (non-hydrogen) atoms. The molecular formula is C14H17N3OS3. The maximum atomic E-state index is 11.8. The highest BCUT2D eigenvalue weighted by atomic mass is 32.2. The Morgan fingerprint density at radius 3 is 2.62 bits per heavy atom. The molecule has 1 N–H and O–H groups in total. The van der Waals surface area contributed by atoms with E-state index in [9.17, 15) is 4.79 Å². The summed E-state index contributed by atoms with van der Waals surface area (Å²) in [6.07, 6.45) is 0.855. The lowest BCUT2D eigenvalue weighted by Gasteiger charge is -2.04. The Morgan fingerprint density at radius 2 is 1.90 bits per heavy atom. The number of amides is 1. The zero-order valence-corrected chi connectivity index (χ0v) is 14.2. The molecule has 0 unspecified atom stereocenters. The van der Waals surface area contributed by atoms with Crippen LogP contribution in [0.3, 0.4) is 0 Å². The number of carbonyl (C=O) groups is 1. The number of thioether (sulfide) groups is 2. The highest BCUT2D eigenvalue weighted by Crippen LogP contribution is 2.28. The summed E-state index contributed by atoms with van der Waals surface area (Å²) in [6.45, 7) is 2.75. The number of carbonyl (C=O) groups excluding carboxylic acids is 1. The third kappa shape index (κ3) is 6.07. The van der Waals surface area contributed by atoms with Crippen LogP contribution in [-0.4, -0.2) is 34.2 Å². The van der Waals surface area contributed by atoms with Crippen molar-refractivity contribution < 1.29 is 4.79 Å². The molecule has 1 amide bonds. The maximum absolute atomic E-state index is 11.8. The summed E-state index contributed by atoms with van der Waals surface area (Å²) in [5, 5.41) is 11.1. The van der Waals surface area contributed by atoms with E-state index in [1.165, 1.54) is 17.3 Å². The quantitative estimate of drug-likeness (QED) is 0.749. The normalized spacial score (nSPS) is 10.5. The van der Waals surface area contributed by atoms with Gasteiger partial charge in [0.25, 0.3) is 0 Å². The molecule has 0 fully saturated rings. The molecule has 112 valence electrons. The fourth-order valence-corrected chi connectivity index (χ4v) is 4.35. The van der Waals surface area contributed by atoms with E-state index in [-0.39, 0.29) is 5.91 Å². The number of hydrogen-bond acceptors (Lipinski definition) is 6. The molecule has 1 heterocycles. The number of benzene rings is 1. The number of nitrogens with zero attached hydrogens (tertiary/aromatic N) is 2. The smallest absolute Gasteiger partial charge is 0.230 e. The predicted molar refractivity (Wildman–Crippen MR) is 90.2 cm³/mol. The van der Waals surface area contributed by atoms with Gasteiger partial charge in [-0.25, -0.2) is 0 Å². The van der Waals surface area contributed by atoms with Gasteiger partial charge in [-0.05, 0) is 17.7 Å². The van der Waals surface area contributed by atoms with Gasteiger partial charge in [0.2, 0.25) is 5.91 Å². The fourth-order valence-electron chi connectivity index (χ4n) is 1.61. The minimum atomic E-state index is 0.0378. The fraction of sp³-hybridized carbons (Fsp3) is 0.357. The lowest BCUT2D eigenvalue weighted by molar-refractivity contribution is -0.118. The van der Waals surface area contributed by atoms with E-state index in [1.807, 2.05) is 18.2 Å². The van der Waals surface area contributed by atoms with Gasteiger partial charge in [0.15, 0.2) is 8.68 Å². The molecule has 0 aliphatic rings. The highest BCUT2D eigenvalue weighted by Gasteiger charge is 2.07. The van der Waals surface area contributed by atoms with Crippen molar-refractivity contribution in [3.63, 3.8) is 0 Å². The van der Waals surface area contributed by atoms with Crippen molar-refractivity contribution >= 4 is 40.8 Å². The second kappa shape index (κ2) is 9.07. The zero-order chi connectivity index (χ0) is 14.9. The molecule has 2 rings (SSSR count). The van der Waals surface area contributed by atoms with Gasteiger partial charge in [0.1, 0.15) is 0 Å². The van der Waals surface area contributed by atoms with E-state index in [4.69, 9.17) is 0 Å². The van der Waals surface area contributed by atoms with Gasteiger partial charge in [-0.15, -0.1) is 10.2 Å². The van der Waals surface area contributed by atoms with Gasteiger partial charge >= 0.3 is 0 Å². The van der Waals surface area contributed by atoms with Crippen LogP contribution in [0.15, 0.2) is 39.0 Å². The van der Waals surface area contributed by atoms with Crippen LogP contribution >= 0.6 is 34.9 Å². The van der Waals surface area contributed by atoms with Crippen molar-refractivity contribution in [2.45, 2.75) is 22.0 Å². The van der Waals surface area contributed by atoms with E-state index in [1.54, 1.807) is 23.1 Å². The number of hydrogen-bond donors (Lipinski definition) is 1. The van der Waals surface area contributed by atoms with Crippen molar-refractivity contribution in [1.82, 2.24) is 15.5 Å². The van der Waals surface area contributed by atoms with Crippen LogP contribution in [0.4, 0.5) is 0 Å². The summed E-state index contributed by atoms with van der Waals surface area (Å²) < 4.78 is 1.81. The second-order valence-electron chi connectivity index (χ2n) is 4.14. The molecule has 0 spiro atoms. The third-order valence-electron chi connectivity index (χ3n) is 2.56. The van der Waals surface area contributed by atoms with Gasteiger partial charge in [-0.1, -0.05) is 72.1 Å². The van der Waals surface area contributed by atoms with Crippen molar-refractivity contribution in [3.05, 3.63) is 35.9 Å². The Bertz CT molecular complexity index is 560. The molecule has 0 radical (unpaired) electrons. The standard InChI is InChI=1S/C14H17N3OS3/c1-2-19-13-16-17-14(21-13)20-10-12(18)15-9-8-11-6-4-3-5-7-11/h3-7H,2,8-10H2,1H3,(H,15,18). The average Bonchev–Trinajstić information content (AvgIpc) is 2.94. The lowest BCUT2D eigenvalue weighted by Crippen LogP contribution is -2.27. The lowest BCUT2D eigenvalue weighted by atomic mass is 10.1. The van der Waals surface area contributed by atoms with E-state index >= 15 is 0 Å². The third-order valence-corrected chi connectivity index (χ3v) is 5.63. The van der Waals surface area contributed by atoms with E-state index < -0.39 is 0 Å². The monoisotopic (exact) mass is 339 g/mol. The summed E-state index contributed by atoms with van der Waals surface area (Å²) in [6, 6.07) is 10.1. The summed E-state index contributed by atoms with van der Waals surface area (Å²) in [5.74, 6) is 1.41. The molecule has 0 atom stereocenters. The van der Waals surface area contributed by atoms with Crippen LogP contribution in [0.5, 0.6) is 0 Å². The van der Waals surface area contributed by atoms with Crippen LogP contribution in [0.2, 0.25) is 0 Å². The molecule has 1 aromatic heterocycles. The van der Waals surface area contributed by atoms with E-state index in [0.717, 1.165) is 20.9 Å². The van der Waals surface area contributed by atoms with E-state index in [2.05, 4.69) is 34.6 Å². The van der Waals surface area contributed by atoms with Crippen LogP contribution in [0.25, 0.3) is 0 Å². The molecule has 4 nitrogen and oxygen atoms in total. The van der Waals surface area contributed by atoms with Gasteiger partial charge in [0, 0.05) is 6.54 Å². The molecular weight excluding hydrogens is 322 g/mol. The minimum absolute atomic E-state index is 0.0378.